The molecule has 2 aromatic carbocycles. The quantitative estimate of drug-likeness (QED) is 0.585. The van der Waals surface area contributed by atoms with E-state index in [1.165, 1.54) is 27.6 Å². The molecule has 0 unspecified atom stereocenters. The third kappa shape index (κ3) is 3.33. The van der Waals surface area contributed by atoms with Gasteiger partial charge in [0, 0.05) is 10.6 Å². The van der Waals surface area contributed by atoms with E-state index in [0.29, 0.717) is 0 Å². The summed E-state index contributed by atoms with van der Waals surface area (Å²) in [6, 6.07) is 16.1. The Kier molecular flexibility index (Phi) is 4.67. The Morgan fingerprint density at radius 2 is 1.71 bits per heavy atom. The lowest BCUT2D eigenvalue weighted by molar-refractivity contribution is 0.243. The maximum absolute atomic E-state index is 6.11. The van der Waals surface area contributed by atoms with Crippen LogP contribution in [0.25, 0.3) is 5.57 Å². The Balaban J connectivity index is 0.000000140. The number of halogens is 2. The summed E-state index contributed by atoms with van der Waals surface area (Å²) in [6.07, 6.45) is 3.53. The Morgan fingerprint density at radius 3 is 2.24 bits per heavy atom. The van der Waals surface area contributed by atoms with E-state index < -0.39 is 0 Å². The van der Waals surface area contributed by atoms with Gasteiger partial charge in [-0.15, -0.1) is 0 Å². The summed E-state index contributed by atoms with van der Waals surface area (Å²) in [4.78, 5) is 0. The van der Waals surface area contributed by atoms with Crippen molar-refractivity contribution in [3.63, 3.8) is 0 Å². The zero-order chi connectivity index (χ0) is 14.7. The molecule has 1 aliphatic heterocycles. The van der Waals surface area contributed by atoms with Crippen LogP contribution in [0.1, 0.15) is 30.4 Å². The maximum atomic E-state index is 6.11. The van der Waals surface area contributed by atoms with Gasteiger partial charge in [0.05, 0.1) is 0 Å². The van der Waals surface area contributed by atoms with Crippen LogP contribution in [0.2, 0.25) is 5.02 Å². The summed E-state index contributed by atoms with van der Waals surface area (Å²) in [5.74, 6) is 1.05. The number of hydrogen-bond donors (Lipinski definition) is 0. The van der Waals surface area contributed by atoms with Crippen molar-refractivity contribution in [2.24, 2.45) is 0 Å². The minimum atomic E-state index is 0.802. The first-order chi connectivity index (χ1) is 10.3. The van der Waals surface area contributed by atoms with Crippen LogP contribution in [-0.4, -0.2) is 0 Å². The van der Waals surface area contributed by atoms with Crippen LogP contribution in [-0.2, 0) is 6.61 Å². The van der Waals surface area contributed by atoms with Gasteiger partial charge in [0.25, 0.3) is 0 Å². The third-order valence-electron chi connectivity index (χ3n) is 3.71. The second-order valence-corrected chi connectivity index (χ2v) is 6.48. The molecule has 108 valence electrons. The Morgan fingerprint density at radius 1 is 0.952 bits per heavy atom. The van der Waals surface area contributed by atoms with E-state index in [1.54, 1.807) is 0 Å². The van der Waals surface area contributed by atoms with Crippen molar-refractivity contribution in [3.8, 4) is 5.75 Å². The van der Waals surface area contributed by atoms with Crippen LogP contribution in [0.4, 0.5) is 0 Å². The standard InChI is InChI=1S/C11H10BrCl.C7H6O/c12-10-6-3-5-8(10)9-4-1-2-7-11(9)13;1-2-4-7-6(3-1)5-8-7/h1-2,4,7H,3,5-6H2;1-4H,5H2. The molecule has 0 bridgehead atoms. The first-order valence-corrected chi connectivity index (χ1v) is 8.26. The average Bonchev–Trinajstić information content (AvgIpc) is 2.88. The van der Waals surface area contributed by atoms with Gasteiger partial charge in [-0.1, -0.05) is 63.9 Å². The van der Waals surface area contributed by atoms with Gasteiger partial charge >= 0.3 is 0 Å². The van der Waals surface area contributed by atoms with Crippen LogP contribution in [0.5, 0.6) is 5.75 Å². The zero-order valence-electron chi connectivity index (χ0n) is 11.6. The van der Waals surface area contributed by atoms with E-state index in [-0.39, 0.29) is 0 Å². The highest BCUT2D eigenvalue weighted by molar-refractivity contribution is 9.11. The molecule has 1 nitrogen and oxygen atoms in total. The molecular formula is C18H16BrClO. The lowest BCUT2D eigenvalue weighted by atomic mass is 10.1. The highest BCUT2D eigenvalue weighted by Gasteiger charge is 2.15. The largest absolute Gasteiger partial charge is 0.488 e. The van der Waals surface area contributed by atoms with E-state index in [2.05, 4.69) is 28.1 Å². The molecule has 0 atom stereocenters. The lowest BCUT2D eigenvalue weighted by Gasteiger charge is -2.18. The van der Waals surface area contributed by atoms with Crippen molar-refractivity contribution >= 4 is 33.1 Å². The fourth-order valence-electron chi connectivity index (χ4n) is 2.53. The summed E-state index contributed by atoms with van der Waals surface area (Å²) < 4.78 is 6.40. The monoisotopic (exact) mass is 362 g/mol. The average molecular weight is 364 g/mol. The number of ether oxygens (including phenoxy) is 1. The molecular weight excluding hydrogens is 348 g/mol. The van der Waals surface area contributed by atoms with Gasteiger partial charge in [0.1, 0.15) is 12.4 Å². The van der Waals surface area contributed by atoms with E-state index in [0.717, 1.165) is 30.2 Å². The summed E-state index contributed by atoms with van der Waals surface area (Å²) >= 11 is 9.71. The van der Waals surface area contributed by atoms with Crippen molar-refractivity contribution in [1.29, 1.82) is 0 Å². The number of allylic oxidation sites excluding steroid dienone is 2. The molecule has 0 radical (unpaired) electrons. The van der Waals surface area contributed by atoms with E-state index in [1.807, 2.05) is 36.4 Å². The van der Waals surface area contributed by atoms with Gasteiger partial charge in [0.15, 0.2) is 0 Å². The van der Waals surface area contributed by atoms with E-state index >= 15 is 0 Å². The molecule has 2 aromatic rings. The predicted molar refractivity (Wildman–Crippen MR) is 91.9 cm³/mol. The highest BCUT2D eigenvalue weighted by Crippen LogP contribution is 2.39. The maximum Gasteiger partial charge on any atom is 0.126 e. The van der Waals surface area contributed by atoms with Gasteiger partial charge in [-0.2, -0.15) is 0 Å². The van der Waals surface area contributed by atoms with Gasteiger partial charge < -0.3 is 4.74 Å². The van der Waals surface area contributed by atoms with Crippen molar-refractivity contribution in [2.75, 3.05) is 0 Å². The molecule has 0 spiro atoms. The smallest absolute Gasteiger partial charge is 0.126 e. The second kappa shape index (κ2) is 6.67. The van der Waals surface area contributed by atoms with Crippen molar-refractivity contribution in [3.05, 3.63) is 69.2 Å². The summed E-state index contributed by atoms with van der Waals surface area (Å²) in [5.41, 5.74) is 3.90. The van der Waals surface area contributed by atoms with Gasteiger partial charge in [0.2, 0.25) is 0 Å². The third-order valence-corrected chi connectivity index (χ3v) is 4.91. The Bertz CT molecular complexity index is 655. The first kappa shape index (κ1) is 14.7. The number of benzene rings is 2. The summed E-state index contributed by atoms with van der Waals surface area (Å²) in [5, 5.41) is 0.858. The van der Waals surface area contributed by atoms with Gasteiger partial charge in [-0.25, -0.2) is 0 Å². The minimum Gasteiger partial charge on any atom is -0.488 e. The molecule has 2 aliphatic rings. The minimum absolute atomic E-state index is 0.802. The molecule has 1 heterocycles. The topological polar surface area (TPSA) is 9.23 Å². The van der Waals surface area contributed by atoms with E-state index in [4.69, 9.17) is 16.3 Å². The lowest BCUT2D eigenvalue weighted by Crippen LogP contribution is -2.07. The molecule has 3 heteroatoms. The number of para-hydroxylation sites is 1. The van der Waals surface area contributed by atoms with Crippen LogP contribution >= 0.6 is 27.5 Å². The van der Waals surface area contributed by atoms with Gasteiger partial charge in [-0.3, -0.25) is 0 Å². The first-order valence-electron chi connectivity index (χ1n) is 7.09. The van der Waals surface area contributed by atoms with Crippen molar-refractivity contribution < 1.29 is 4.74 Å². The second-order valence-electron chi connectivity index (χ2n) is 5.11. The molecule has 1 aliphatic carbocycles. The number of fused-ring (bicyclic) bond motifs is 1. The SMILES string of the molecule is Clc1ccccc1C1=C(Br)CCC1.c1ccc2c(c1)CO2. The highest BCUT2D eigenvalue weighted by atomic mass is 79.9. The van der Waals surface area contributed by atoms with Crippen molar-refractivity contribution in [2.45, 2.75) is 25.9 Å². The predicted octanol–water partition coefficient (Wildman–Crippen LogP) is 6.21. The van der Waals surface area contributed by atoms with Crippen LogP contribution < -0.4 is 4.74 Å². The molecule has 0 saturated carbocycles. The molecule has 0 aromatic heterocycles. The molecule has 4 rings (SSSR count). The Hall–Kier alpha value is -1.25. The summed E-state index contributed by atoms with van der Waals surface area (Å²) in [7, 11) is 0. The normalized spacial score (nSPS) is 15.5. The number of hydrogen-bond acceptors (Lipinski definition) is 1. The van der Waals surface area contributed by atoms with Crippen LogP contribution in [0.3, 0.4) is 0 Å². The fourth-order valence-corrected chi connectivity index (χ4v) is 3.47. The fraction of sp³-hybridized carbons (Fsp3) is 0.222. The van der Waals surface area contributed by atoms with Crippen molar-refractivity contribution in [1.82, 2.24) is 0 Å². The number of rotatable bonds is 1. The van der Waals surface area contributed by atoms with E-state index in [9.17, 15) is 0 Å². The van der Waals surface area contributed by atoms with Gasteiger partial charge in [-0.05, 0) is 47.0 Å². The zero-order valence-corrected chi connectivity index (χ0v) is 14.0. The summed E-state index contributed by atoms with van der Waals surface area (Å²) in [6.45, 7) is 0.802. The molecule has 0 N–H and O–H groups in total. The Labute approximate surface area is 138 Å². The van der Waals surface area contributed by atoms with Crippen LogP contribution in [0.15, 0.2) is 53.0 Å². The van der Waals surface area contributed by atoms with Crippen LogP contribution in [0, 0.1) is 0 Å². The molecule has 0 fully saturated rings. The molecule has 0 amide bonds. The molecule has 0 saturated heterocycles. The molecule has 21 heavy (non-hydrogen) atoms.